The molecule has 0 aromatic rings. The summed E-state index contributed by atoms with van der Waals surface area (Å²) >= 11 is 0. The fourth-order valence-corrected chi connectivity index (χ4v) is 1.15. The number of nitrogens with zero attached hydrogens (tertiary/aromatic N) is 3. The van der Waals surface area contributed by atoms with Gasteiger partial charge in [-0.05, 0) is 0 Å². The lowest BCUT2D eigenvalue weighted by Crippen LogP contribution is -2.47. The number of amidine groups is 1. The summed E-state index contributed by atoms with van der Waals surface area (Å²) in [6, 6.07) is 0. The van der Waals surface area contributed by atoms with Crippen LogP contribution in [0.3, 0.4) is 0 Å². The van der Waals surface area contributed by atoms with Gasteiger partial charge in [0.25, 0.3) is 10.1 Å². The summed E-state index contributed by atoms with van der Waals surface area (Å²) in [5, 5.41) is 15.4. The Balaban J connectivity index is 2.39. The van der Waals surface area contributed by atoms with E-state index in [1.54, 1.807) is 6.19 Å². The third-order valence-corrected chi connectivity index (χ3v) is 2.11. The molecule has 1 aliphatic heterocycles. The molecule has 9 nitrogen and oxygen atoms in total. The number of hydrazine groups is 2. The van der Waals surface area contributed by atoms with Crippen molar-refractivity contribution in [3.63, 3.8) is 0 Å². The van der Waals surface area contributed by atoms with Gasteiger partial charge in [0.05, 0.1) is 12.0 Å². The van der Waals surface area contributed by atoms with Crippen LogP contribution in [0.25, 0.3) is 0 Å². The van der Waals surface area contributed by atoms with Crippen molar-refractivity contribution < 1.29 is 13.0 Å². The van der Waals surface area contributed by atoms with Crippen molar-refractivity contribution in [2.24, 2.45) is 5.10 Å². The largest absolute Gasteiger partial charge is 0.286 e. The molecule has 0 aliphatic carbocycles. The first kappa shape index (κ1) is 12.2. The Labute approximate surface area is 92.1 Å². The minimum Gasteiger partial charge on any atom is -0.286 e. The van der Waals surface area contributed by atoms with Crippen LogP contribution in [0.2, 0.25) is 0 Å². The molecule has 16 heavy (non-hydrogen) atoms. The maximum Gasteiger partial charge on any atom is 0.266 e. The van der Waals surface area contributed by atoms with Crippen LogP contribution in [-0.4, -0.2) is 36.3 Å². The summed E-state index contributed by atoms with van der Waals surface area (Å²) in [6.45, 7) is -0.0448. The smallest absolute Gasteiger partial charge is 0.266 e. The van der Waals surface area contributed by atoms with Crippen molar-refractivity contribution in [3.05, 3.63) is 12.3 Å². The predicted octanol–water partition coefficient (Wildman–Crippen LogP) is -2.10. The van der Waals surface area contributed by atoms with Crippen molar-refractivity contribution in [2.45, 2.75) is 0 Å². The van der Waals surface area contributed by atoms with E-state index in [0.717, 1.165) is 5.23 Å². The van der Waals surface area contributed by atoms with Gasteiger partial charge >= 0.3 is 0 Å². The average molecular weight is 245 g/mol. The molecule has 0 bridgehead atoms. The minimum atomic E-state index is -4.01. The van der Waals surface area contributed by atoms with Gasteiger partial charge in [-0.15, -0.1) is 10.3 Å². The zero-order chi connectivity index (χ0) is 12.0. The first-order chi connectivity index (χ1) is 7.51. The number of hydrogen-bond acceptors (Lipinski definition) is 8. The highest BCUT2D eigenvalue weighted by Gasteiger charge is 2.08. The van der Waals surface area contributed by atoms with Gasteiger partial charge in [-0.2, -0.15) is 19.1 Å². The van der Waals surface area contributed by atoms with Crippen LogP contribution < -0.4 is 16.2 Å². The number of hydrogen-bond donors (Lipinski definition) is 4. The molecule has 0 aromatic carbocycles. The molecule has 1 rings (SSSR count). The van der Waals surface area contributed by atoms with E-state index in [1.807, 2.05) is 0 Å². The van der Waals surface area contributed by atoms with E-state index in [4.69, 9.17) is 9.81 Å². The van der Waals surface area contributed by atoms with E-state index in [9.17, 15) is 8.42 Å². The Morgan fingerprint density at radius 2 is 2.50 bits per heavy atom. The molecule has 0 atom stereocenters. The molecule has 87 valence electrons. The number of hydrazone groups is 1. The third-order valence-electron chi connectivity index (χ3n) is 1.39. The minimum absolute atomic E-state index is 0.0448. The van der Waals surface area contributed by atoms with Crippen LogP contribution in [0.5, 0.6) is 0 Å². The molecule has 0 saturated carbocycles. The molecular weight excluding hydrogens is 236 g/mol. The topological polar surface area (TPSA) is 130 Å². The first-order valence-electron chi connectivity index (χ1n) is 4.08. The molecule has 1 radical (unpaired) electrons. The van der Waals surface area contributed by atoms with Crippen LogP contribution in [0, 0.1) is 17.7 Å². The van der Waals surface area contributed by atoms with Crippen molar-refractivity contribution in [2.75, 3.05) is 12.3 Å². The second kappa shape index (κ2) is 5.31. The Bertz CT molecular complexity index is 436. The quantitative estimate of drug-likeness (QED) is 0.252. The zero-order valence-electron chi connectivity index (χ0n) is 8.01. The van der Waals surface area contributed by atoms with Gasteiger partial charge in [-0.1, -0.05) is 0 Å². The summed E-state index contributed by atoms with van der Waals surface area (Å²) in [7, 11) is -4.01. The van der Waals surface area contributed by atoms with Crippen LogP contribution in [0.1, 0.15) is 0 Å². The Hall–Kier alpha value is -1.83. The Morgan fingerprint density at radius 3 is 3.12 bits per heavy atom. The van der Waals surface area contributed by atoms with Gasteiger partial charge in [0.2, 0.25) is 0 Å². The van der Waals surface area contributed by atoms with E-state index in [2.05, 4.69) is 27.5 Å². The number of nitriles is 1. The fourth-order valence-electron chi connectivity index (χ4n) is 0.797. The van der Waals surface area contributed by atoms with Gasteiger partial charge in [0.15, 0.2) is 12.0 Å². The van der Waals surface area contributed by atoms with Gasteiger partial charge in [0, 0.05) is 12.6 Å². The zero-order valence-corrected chi connectivity index (χ0v) is 8.82. The highest BCUT2D eigenvalue weighted by molar-refractivity contribution is 7.85. The van der Waals surface area contributed by atoms with Gasteiger partial charge in [-0.25, -0.2) is 0 Å². The summed E-state index contributed by atoms with van der Waals surface area (Å²) in [5.74, 6) is -0.216. The average Bonchev–Trinajstić information content (AvgIpc) is 2.17. The fraction of sp³-hybridized carbons (Fsp3) is 0.333. The van der Waals surface area contributed by atoms with Crippen LogP contribution in [-0.2, 0) is 10.1 Å². The lowest BCUT2D eigenvalue weighted by Gasteiger charge is -2.21. The van der Waals surface area contributed by atoms with E-state index < -0.39 is 15.9 Å². The van der Waals surface area contributed by atoms with Crippen LogP contribution >= 0.6 is 0 Å². The number of rotatable bonds is 4. The molecule has 10 heteroatoms. The summed E-state index contributed by atoms with van der Waals surface area (Å²) in [6.07, 6.45) is 5.61. The number of nitrogens with one attached hydrogen (secondary N) is 3. The maximum absolute atomic E-state index is 10.4. The van der Waals surface area contributed by atoms with E-state index in [0.29, 0.717) is 0 Å². The second-order valence-corrected chi connectivity index (χ2v) is 4.20. The standard InChI is InChI=1S/C6H9N6O3S/c7-5-8-6-1-2-9-12(11-6)10-3-4-16(13,14)15/h1,9-10H,3-4H2,(H,8,11)(H,13,14,15). The Morgan fingerprint density at radius 1 is 1.75 bits per heavy atom. The van der Waals surface area contributed by atoms with Gasteiger partial charge < -0.3 is 0 Å². The molecule has 0 amide bonds. The third kappa shape index (κ3) is 4.60. The molecular formula is C6H9N6O3S. The van der Waals surface area contributed by atoms with E-state index >= 15 is 0 Å². The monoisotopic (exact) mass is 245 g/mol. The van der Waals surface area contributed by atoms with Crippen molar-refractivity contribution in [1.82, 2.24) is 21.4 Å². The lowest BCUT2D eigenvalue weighted by molar-refractivity contribution is 0.143. The predicted molar refractivity (Wildman–Crippen MR) is 53.4 cm³/mol. The molecule has 0 aromatic heterocycles. The molecule has 1 heterocycles. The molecule has 4 N–H and O–H groups in total. The normalized spacial score (nSPS) is 15.0. The van der Waals surface area contributed by atoms with Crippen LogP contribution in [0.15, 0.2) is 11.2 Å². The van der Waals surface area contributed by atoms with Crippen molar-refractivity contribution in [1.29, 1.82) is 5.26 Å². The second-order valence-electron chi connectivity index (χ2n) is 2.63. The summed E-state index contributed by atoms with van der Waals surface area (Å²) in [5.41, 5.74) is 5.03. The summed E-state index contributed by atoms with van der Waals surface area (Å²) in [4.78, 5) is 0. The summed E-state index contributed by atoms with van der Waals surface area (Å²) < 4.78 is 29.3. The molecule has 0 unspecified atom stereocenters. The maximum atomic E-state index is 10.4. The van der Waals surface area contributed by atoms with Crippen molar-refractivity contribution >= 4 is 16.0 Å². The molecule has 0 saturated heterocycles. The van der Waals surface area contributed by atoms with Gasteiger partial charge in [-0.3, -0.25) is 15.3 Å². The van der Waals surface area contributed by atoms with Gasteiger partial charge in [0.1, 0.15) is 0 Å². The van der Waals surface area contributed by atoms with Crippen molar-refractivity contribution in [3.8, 4) is 6.19 Å². The highest BCUT2D eigenvalue weighted by Crippen LogP contribution is 1.89. The van der Waals surface area contributed by atoms with Crippen LogP contribution in [0.4, 0.5) is 0 Å². The Kier molecular flexibility index (Phi) is 4.06. The van der Waals surface area contributed by atoms with E-state index in [-0.39, 0.29) is 12.4 Å². The lowest BCUT2D eigenvalue weighted by atomic mass is 10.5. The first-order valence-corrected chi connectivity index (χ1v) is 5.69. The SMILES string of the molecule is N#CNC1=NN(NCCS(=O)(=O)O)N[C]=C1. The highest BCUT2D eigenvalue weighted by atomic mass is 32.2. The molecule has 0 fully saturated rings. The molecule has 0 spiro atoms. The molecule has 1 aliphatic rings. The van der Waals surface area contributed by atoms with E-state index in [1.165, 1.54) is 6.08 Å².